The zero-order chi connectivity index (χ0) is 17.2. The lowest BCUT2D eigenvalue weighted by molar-refractivity contribution is -0.873. The van der Waals surface area contributed by atoms with E-state index in [0.717, 1.165) is 0 Å². The van der Waals surface area contributed by atoms with Crippen LogP contribution >= 0.6 is 0 Å². The summed E-state index contributed by atoms with van der Waals surface area (Å²) in [6.07, 6.45) is 0.865. The zero-order valence-corrected chi connectivity index (χ0v) is 13.3. The number of hydrogen-bond donors (Lipinski definition) is 1. The van der Waals surface area contributed by atoms with E-state index in [0.29, 0.717) is 30.3 Å². The minimum absolute atomic E-state index is 0.00515. The van der Waals surface area contributed by atoms with Gasteiger partial charge in [0.15, 0.2) is 6.10 Å². The number of carboxylic acids is 1. The third-order valence-electron chi connectivity index (χ3n) is 2.67. The van der Waals surface area contributed by atoms with Gasteiger partial charge in [0.05, 0.1) is 34.2 Å². The molecular weight excluding hydrogens is 296 g/mol. The summed E-state index contributed by atoms with van der Waals surface area (Å²) in [6.45, 7) is 0.417. The average molecular weight is 321 g/mol. The van der Waals surface area contributed by atoms with Crippen molar-refractivity contribution in [3.05, 3.63) is 10.1 Å². The Hall–Kier alpha value is -1.90. The number of likely N-dealkylation sites (N-methyl/N-ethyl adjacent to an activating group) is 1. The molecule has 0 saturated heterocycles. The highest BCUT2D eigenvalue weighted by molar-refractivity contribution is 5.71. The number of quaternary nitrogens is 1. The molecule has 0 aromatic rings. The van der Waals surface area contributed by atoms with E-state index in [4.69, 9.17) is 9.84 Å². The fraction of sp³-hybridized carbons (Fsp3) is 0.846. The molecule has 1 atom stereocenters. The van der Waals surface area contributed by atoms with E-state index >= 15 is 0 Å². The maximum Gasteiger partial charge on any atom is 0.307 e. The lowest BCUT2D eigenvalue weighted by Gasteiger charge is -2.28. The molecule has 0 spiro atoms. The Morgan fingerprint density at radius 2 is 1.86 bits per heavy atom. The van der Waals surface area contributed by atoms with E-state index in [2.05, 4.69) is 4.84 Å². The van der Waals surface area contributed by atoms with Gasteiger partial charge in [0.1, 0.15) is 6.54 Å². The van der Waals surface area contributed by atoms with Gasteiger partial charge in [-0.2, -0.15) is 0 Å². The normalized spacial score (nSPS) is 12.5. The monoisotopic (exact) mass is 321 g/mol. The fourth-order valence-electron chi connectivity index (χ4n) is 1.88. The van der Waals surface area contributed by atoms with Gasteiger partial charge in [0.25, 0.3) is 5.09 Å². The quantitative estimate of drug-likeness (QED) is 0.186. The van der Waals surface area contributed by atoms with E-state index in [1.807, 2.05) is 21.1 Å². The van der Waals surface area contributed by atoms with Gasteiger partial charge < -0.3 is 19.2 Å². The first-order valence-electron chi connectivity index (χ1n) is 7.09. The lowest BCUT2D eigenvalue weighted by atomic mass is 10.2. The van der Waals surface area contributed by atoms with E-state index in [9.17, 15) is 19.7 Å². The molecule has 9 heteroatoms. The van der Waals surface area contributed by atoms with E-state index in [-0.39, 0.29) is 19.4 Å². The van der Waals surface area contributed by atoms with E-state index in [1.165, 1.54) is 0 Å². The molecule has 22 heavy (non-hydrogen) atoms. The van der Waals surface area contributed by atoms with Crippen LogP contribution in [0.25, 0.3) is 0 Å². The maximum absolute atomic E-state index is 11.7. The lowest BCUT2D eigenvalue weighted by Crippen LogP contribution is -2.43. The average Bonchev–Trinajstić information content (AvgIpc) is 2.29. The largest absolute Gasteiger partial charge is 0.481 e. The van der Waals surface area contributed by atoms with Crippen LogP contribution in [0.15, 0.2) is 0 Å². The predicted octanol–water partition coefficient (Wildman–Crippen LogP) is 0.848. The van der Waals surface area contributed by atoms with Gasteiger partial charge in [-0.3, -0.25) is 9.59 Å². The van der Waals surface area contributed by atoms with Crippen molar-refractivity contribution >= 4 is 11.9 Å². The second-order valence-electron chi connectivity index (χ2n) is 6.05. The number of nitrogens with zero attached hydrogens (tertiary/aromatic N) is 2. The summed E-state index contributed by atoms with van der Waals surface area (Å²) in [5.41, 5.74) is 0. The first-order valence-corrected chi connectivity index (χ1v) is 7.09. The van der Waals surface area contributed by atoms with Crippen LogP contribution in [0.5, 0.6) is 0 Å². The second-order valence-corrected chi connectivity index (χ2v) is 6.05. The first-order chi connectivity index (χ1) is 10.1. The topological polar surface area (TPSA) is 116 Å². The molecule has 0 radical (unpaired) electrons. The Morgan fingerprint density at radius 1 is 1.23 bits per heavy atom. The molecule has 0 saturated carbocycles. The molecule has 0 aliphatic rings. The number of esters is 1. The fourth-order valence-corrected chi connectivity index (χ4v) is 1.88. The summed E-state index contributed by atoms with van der Waals surface area (Å²) in [6, 6.07) is 0. The van der Waals surface area contributed by atoms with E-state index < -0.39 is 23.1 Å². The minimum atomic E-state index is -1.01. The standard InChI is InChI=1S/C13H24N2O7/c1-15(2,3)10-11(9-12(16)17)22-13(18)7-5-4-6-8-21-14(19)20/h11H,4-10H2,1-3H3/p+1/t11-/m0/s1. The summed E-state index contributed by atoms with van der Waals surface area (Å²) < 4.78 is 5.70. The van der Waals surface area contributed by atoms with Gasteiger partial charge in [-0.25, -0.2) is 0 Å². The molecule has 0 bridgehead atoms. The molecule has 0 rings (SSSR count). The number of hydrogen-bond acceptors (Lipinski definition) is 6. The van der Waals surface area contributed by atoms with Crippen LogP contribution in [0.2, 0.25) is 0 Å². The highest BCUT2D eigenvalue weighted by atomic mass is 16.9. The SMILES string of the molecule is C[N+](C)(C)C[C@H](CC(=O)O)OC(=O)CCCCCO[N+](=O)[O-]. The van der Waals surface area contributed by atoms with Gasteiger partial charge >= 0.3 is 11.9 Å². The Balaban J connectivity index is 4.01. The van der Waals surface area contributed by atoms with Gasteiger partial charge in [-0.05, 0) is 12.8 Å². The first kappa shape index (κ1) is 20.1. The predicted molar refractivity (Wildman–Crippen MR) is 76.4 cm³/mol. The van der Waals surface area contributed by atoms with Crippen molar-refractivity contribution in [1.82, 2.24) is 0 Å². The molecule has 9 nitrogen and oxygen atoms in total. The highest BCUT2D eigenvalue weighted by Gasteiger charge is 2.24. The molecule has 0 aliphatic heterocycles. The summed E-state index contributed by atoms with van der Waals surface area (Å²) >= 11 is 0. The molecule has 0 aliphatic carbocycles. The van der Waals surface area contributed by atoms with Crippen LogP contribution in [-0.4, -0.2) is 67.0 Å². The molecule has 0 aromatic carbocycles. The summed E-state index contributed by atoms with van der Waals surface area (Å²) in [5, 5.41) is 17.9. The van der Waals surface area contributed by atoms with Crippen molar-refractivity contribution in [2.24, 2.45) is 0 Å². The van der Waals surface area contributed by atoms with Crippen LogP contribution in [0.3, 0.4) is 0 Å². The Labute approximate surface area is 129 Å². The van der Waals surface area contributed by atoms with Crippen LogP contribution in [0.1, 0.15) is 32.1 Å². The summed E-state index contributed by atoms with van der Waals surface area (Å²) in [7, 11) is 5.66. The van der Waals surface area contributed by atoms with Crippen molar-refractivity contribution < 1.29 is 33.8 Å². The van der Waals surface area contributed by atoms with Gasteiger partial charge in [-0.15, -0.1) is 10.1 Å². The van der Waals surface area contributed by atoms with Crippen LogP contribution in [0, 0.1) is 10.1 Å². The minimum Gasteiger partial charge on any atom is -0.481 e. The summed E-state index contributed by atoms with van der Waals surface area (Å²) in [5.74, 6) is -1.46. The molecule has 0 fully saturated rings. The van der Waals surface area contributed by atoms with Crippen molar-refractivity contribution in [3.8, 4) is 0 Å². The van der Waals surface area contributed by atoms with Crippen molar-refractivity contribution in [3.63, 3.8) is 0 Å². The number of unbranched alkanes of at least 4 members (excludes halogenated alkanes) is 2. The smallest absolute Gasteiger partial charge is 0.307 e. The number of rotatable bonds is 12. The van der Waals surface area contributed by atoms with Crippen LogP contribution < -0.4 is 0 Å². The highest BCUT2D eigenvalue weighted by Crippen LogP contribution is 2.09. The molecule has 128 valence electrons. The number of carbonyl (C=O) groups excluding carboxylic acids is 1. The number of carboxylic acid groups (broad SMARTS) is 1. The van der Waals surface area contributed by atoms with E-state index in [1.54, 1.807) is 0 Å². The Bertz CT molecular complexity index is 379. The maximum atomic E-state index is 11.7. The molecular formula is C13H25N2O7+. The zero-order valence-electron chi connectivity index (χ0n) is 13.3. The van der Waals surface area contributed by atoms with Gasteiger partial charge in [0.2, 0.25) is 0 Å². The van der Waals surface area contributed by atoms with Gasteiger partial charge in [0, 0.05) is 6.42 Å². The Morgan fingerprint density at radius 3 is 2.36 bits per heavy atom. The van der Waals surface area contributed by atoms with Gasteiger partial charge in [-0.1, -0.05) is 6.42 Å². The third-order valence-corrected chi connectivity index (χ3v) is 2.67. The molecule has 1 N–H and O–H groups in total. The summed E-state index contributed by atoms with van der Waals surface area (Å²) in [4.78, 5) is 36.6. The van der Waals surface area contributed by atoms with Crippen molar-refractivity contribution in [1.29, 1.82) is 0 Å². The number of aliphatic carboxylic acids is 1. The molecule has 0 aromatic heterocycles. The van der Waals surface area contributed by atoms with Crippen LogP contribution in [-0.2, 0) is 19.2 Å². The van der Waals surface area contributed by atoms with Crippen LogP contribution in [0.4, 0.5) is 0 Å². The number of ether oxygens (including phenoxy) is 1. The second kappa shape index (κ2) is 9.93. The molecule has 0 amide bonds. The van der Waals surface area contributed by atoms with Crippen molar-refractivity contribution in [2.75, 3.05) is 34.3 Å². The number of carbonyl (C=O) groups is 2. The third kappa shape index (κ3) is 13.1. The van der Waals surface area contributed by atoms with Crippen molar-refractivity contribution in [2.45, 2.75) is 38.2 Å². The molecule has 0 heterocycles. The Kier molecular flexibility index (Phi) is 9.07. The molecule has 0 unspecified atom stereocenters.